The third-order valence-electron chi connectivity index (χ3n) is 3.69. The van der Waals surface area contributed by atoms with Crippen LogP contribution in [0.15, 0.2) is 42.7 Å². The number of carbonyl (C=O) groups excluding carboxylic acids is 1. The van der Waals surface area contributed by atoms with Gasteiger partial charge in [0.15, 0.2) is 5.78 Å². The number of nitrogens with zero attached hydrogens (tertiary/aromatic N) is 2. The Morgan fingerprint density at radius 3 is 2.64 bits per heavy atom. The molecular formula is C17H21ClN2O2. The number of rotatable bonds is 7. The van der Waals surface area contributed by atoms with Crippen molar-refractivity contribution in [2.24, 2.45) is 5.92 Å². The number of hydrogen-bond donors (Lipinski definition) is 1. The lowest BCUT2D eigenvalue weighted by Gasteiger charge is -2.17. The van der Waals surface area contributed by atoms with Crippen molar-refractivity contribution in [2.45, 2.75) is 38.3 Å². The Morgan fingerprint density at radius 2 is 2.00 bits per heavy atom. The Morgan fingerprint density at radius 1 is 1.32 bits per heavy atom. The minimum absolute atomic E-state index is 0.0510. The van der Waals surface area contributed by atoms with Gasteiger partial charge >= 0.3 is 0 Å². The molecule has 4 nitrogen and oxygen atoms in total. The number of halogens is 1. The van der Waals surface area contributed by atoms with E-state index in [1.807, 2.05) is 43.5 Å². The molecule has 0 saturated carbocycles. The van der Waals surface area contributed by atoms with Gasteiger partial charge in [-0.15, -0.1) is 11.6 Å². The lowest BCUT2D eigenvalue weighted by atomic mass is 9.94. The Bertz CT molecular complexity index is 610. The van der Waals surface area contributed by atoms with Gasteiger partial charge < -0.3 is 5.11 Å². The number of aliphatic hydroxyl groups is 1. The molecule has 1 aromatic heterocycles. The zero-order valence-corrected chi connectivity index (χ0v) is 13.6. The van der Waals surface area contributed by atoms with E-state index in [0.29, 0.717) is 6.54 Å². The Hall–Kier alpha value is -1.65. The molecule has 118 valence electrons. The maximum atomic E-state index is 11.7. The van der Waals surface area contributed by atoms with E-state index in [1.165, 1.54) is 0 Å². The minimum Gasteiger partial charge on any atom is -0.388 e. The van der Waals surface area contributed by atoms with Crippen LogP contribution in [0.3, 0.4) is 0 Å². The summed E-state index contributed by atoms with van der Waals surface area (Å²) in [6.07, 6.45) is 3.01. The fourth-order valence-corrected chi connectivity index (χ4v) is 2.40. The van der Waals surface area contributed by atoms with Gasteiger partial charge in [-0.2, -0.15) is 5.10 Å². The number of alkyl halides is 1. The molecule has 1 N–H and O–H groups in total. The normalized spacial score (nSPS) is 15.3. The molecule has 1 aromatic carbocycles. The highest BCUT2D eigenvalue weighted by Gasteiger charge is 2.22. The van der Waals surface area contributed by atoms with Gasteiger partial charge in [0.25, 0.3) is 0 Å². The number of hydrogen-bond acceptors (Lipinski definition) is 3. The molecular weight excluding hydrogens is 300 g/mol. The monoisotopic (exact) mass is 320 g/mol. The Kier molecular flexibility index (Phi) is 5.75. The average Bonchev–Trinajstić information content (AvgIpc) is 2.95. The van der Waals surface area contributed by atoms with Crippen molar-refractivity contribution in [3.8, 4) is 0 Å². The molecule has 0 spiro atoms. The van der Waals surface area contributed by atoms with Crippen LogP contribution in [-0.2, 0) is 11.3 Å². The zero-order valence-electron chi connectivity index (χ0n) is 12.8. The zero-order chi connectivity index (χ0) is 16.1. The summed E-state index contributed by atoms with van der Waals surface area (Å²) in [6, 6.07) is 9.99. The summed E-state index contributed by atoms with van der Waals surface area (Å²) in [5.74, 6) is -0.243. The van der Waals surface area contributed by atoms with Gasteiger partial charge in [0.2, 0.25) is 0 Å². The summed E-state index contributed by atoms with van der Waals surface area (Å²) < 4.78 is 1.78. The number of ketones is 1. The highest BCUT2D eigenvalue weighted by molar-refractivity contribution is 6.30. The van der Waals surface area contributed by atoms with E-state index in [-0.39, 0.29) is 18.1 Å². The molecule has 0 bridgehead atoms. The molecule has 0 amide bonds. The summed E-state index contributed by atoms with van der Waals surface area (Å²) in [4.78, 5) is 11.7. The molecule has 0 radical (unpaired) electrons. The van der Waals surface area contributed by atoms with E-state index >= 15 is 0 Å². The van der Waals surface area contributed by atoms with Crippen LogP contribution >= 0.6 is 11.6 Å². The molecule has 3 atom stereocenters. The summed E-state index contributed by atoms with van der Waals surface area (Å²) in [5, 5.41) is 14.1. The number of aliphatic hydroxyl groups excluding tert-OH is 1. The van der Waals surface area contributed by atoms with Gasteiger partial charge in [-0.3, -0.25) is 9.48 Å². The van der Waals surface area contributed by atoms with E-state index < -0.39 is 11.5 Å². The van der Waals surface area contributed by atoms with Crippen LogP contribution < -0.4 is 0 Å². The van der Waals surface area contributed by atoms with Crippen LogP contribution in [-0.4, -0.2) is 26.0 Å². The summed E-state index contributed by atoms with van der Waals surface area (Å²) in [7, 11) is 0. The van der Waals surface area contributed by atoms with Gasteiger partial charge in [-0.25, -0.2) is 0 Å². The first kappa shape index (κ1) is 16.7. The minimum atomic E-state index is -0.719. The lowest BCUT2D eigenvalue weighted by molar-refractivity contribution is -0.120. The largest absolute Gasteiger partial charge is 0.388 e. The number of carbonyl (C=O) groups is 1. The quantitative estimate of drug-likeness (QED) is 0.797. The standard InChI is InChI=1S/C17H21ClN2O2/c1-12(8-16(21)13(2)18)17(22)15-9-19-20(11-15)10-14-6-4-3-5-7-14/h3-7,9,11-13,17,22H,8,10H2,1-2H3. The number of aromatic nitrogens is 2. The predicted octanol–water partition coefficient (Wildman–Crippen LogP) is 3.19. The number of Topliss-reactive ketones (excluding diaryl/α,β-unsaturated/α-hetero) is 1. The van der Waals surface area contributed by atoms with Gasteiger partial charge in [-0.05, 0) is 18.4 Å². The van der Waals surface area contributed by atoms with Crippen LogP contribution in [0.25, 0.3) is 0 Å². The molecule has 2 rings (SSSR count). The molecule has 0 saturated heterocycles. The van der Waals surface area contributed by atoms with Crippen molar-refractivity contribution in [3.63, 3.8) is 0 Å². The molecule has 5 heteroatoms. The first-order valence-corrected chi connectivity index (χ1v) is 7.82. The van der Waals surface area contributed by atoms with Gasteiger partial charge in [0.1, 0.15) is 0 Å². The smallest absolute Gasteiger partial charge is 0.150 e. The predicted molar refractivity (Wildman–Crippen MR) is 86.8 cm³/mol. The third kappa shape index (κ3) is 4.42. The molecule has 1 heterocycles. The van der Waals surface area contributed by atoms with Crippen molar-refractivity contribution in [1.82, 2.24) is 9.78 Å². The first-order valence-electron chi connectivity index (χ1n) is 7.38. The topological polar surface area (TPSA) is 55.1 Å². The second-order valence-corrected chi connectivity index (χ2v) is 6.32. The van der Waals surface area contributed by atoms with Crippen LogP contribution in [0.1, 0.15) is 37.5 Å². The van der Waals surface area contributed by atoms with Gasteiger partial charge in [-0.1, -0.05) is 37.3 Å². The molecule has 0 fully saturated rings. The fourth-order valence-electron chi connectivity index (χ4n) is 2.31. The maximum Gasteiger partial charge on any atom is 0.150 e. The van der Waals surface area contributed by atoms with Crippen molar-refractivity contribution in [2.75, 3.05) is 0 Å². The lowest BCUT2D eigenvalue weighted by Crippen LogP contribution is -2.18. The number of benzene rings is 1. The second-order valence-electron chi connectivity index (χ2n) is 5.67. The van der Waals surface area contributed by atoms with Crippen molar-refractivity contribution < 1.29 is 9.90 Å². The van der Waals surface area contributed by atoms with Crippen LogP contribution in [0.2, 0.25) is 0 Å². The average molecular weight is 321 g/mol. The molecule has 3 unspecified atom stereocenters. The molecule has 0 aliphatic carbocycles. The van der Waals surface area contributed by atoms with Crippen LogP contribution in [0.5, 0.6) is 0 Å². The SMILES string of the molecule is CC(Cl)C(=O)CC(C)C(O)c1cnn(Cc2ccccc2)c1. The van der Waals surface area contributed by atoms with Crippen LogP contribution in [0.4, 0.5) is 0 Å². The molecule has 22 heavy (non-hydrogen) atoms. The van der Waals surface area contributed by atoms with Crippen molar-refractivity contribution in [3.05, 3.63) is 53.9 Å². The first-order chi connectivity index (χ1) is 10.5. The van der Waals surface area contributed by atoms with Gasteiger partial charge in [0.05, 0.1) is 24.2 Å². The third-order valence-corrected chi connectivity index (χ3v) is 3.93. The summed E-state index contributed by atoms with van der Waals surface area (Å²) in [6.45, 7) is 4.15. The second kappa shape index (κ2) is 7.56. The van der Waals surface area contributed by atoms with E-state index in [0.717, 1.165) is 11.1 Å². The fraction of sp³-hybridized carbons (Fsp3) is 0.412. The maximum absolute atomic E-state index is 11.7. The highest BCUT2D eigenvalue weighted by Crippen LogP contribution is 2.25. The molecule has 0 aliphatic heterocycles. The summed E-state index contributed by atoms with van der Waals surface area (Å²) in [5.41, 5.74) is 1.87. The van der Waals surface area contributed by atoms with E-state index in [4.69, 9.17) is 11.6 Å². The highest BCUT2D eigenvalue weighted by atomic mass is 35.5. The molecule has 0 aliphatic rings. The van der Waals surface area contributed by atoms with Crippen LogP contribution in [0, 0.1) is 5.92 Å². The van der Waals surface area contributed by atoms with Crippen molar-refractivity contribution >= 4 is 17.4 Å². The van der Waals surface area contributed by atoms with E-state index in [9.17, 15) is 9.90 Å². The Labute approximate surface area is 135 Å². The van der Waals surface area contributed by atoms with E-state index in [2.05, 4.69) is 5.10 Å². The molecule has 2 aromatic rings. The van der Waals surface area contributed by atoms with Crippen molar-refractivity contribution in [1.29, 1.82) is 0 Å². The van der Waals surface area contributed by atoms with Gasteiger partial charge in [0, 0.05) is 18.2 Å². The van der Waals surface area contributed by atoms with E-state index in [1.54, 1.807) is 17.8 Å². The summed E-state index contributed by atoms with van der Waals surface area (Å²) >= 11 is 5.77. The Balaban J connectivity index is 1.99.